The van der Waals surface area contributed by atoms with Crippen LogP contribution in [0.1, 0.15) is 20.8 Å². The van der Waals surface area contributed by atoms with Crippen LogP contribution < -0.4 is 11.7 Å². The van der Waals surface area contributed by atoms with Crippen molar-refractivity contribution in [2.24, 2.45) is 11.7 Å². The number of carbonyl (C=O) groups is 1. The van der Waals surface area contributed by atoms with Gasteiger partial charge in [-0.2, -0.15) is 0 Å². The van der Waals surface area contributed by atoms with E-state index in [9.17, 15) is 4.79 Å². The van der Waals surface area contributed by atoms with Gasteiger partial charge >= 0.3 is 5.97 Å². The Morgan fingerprint density at radius 2 is 1.80 bits per heavy atom. The van der Waals surface area contributed by atoms with Gasteiger partial charge in [-0.25, -0.2) is 4.79 Å². The number of hydrazine groups is 1. The Morgan fingerprint density at radius 1 is 1.33 bits per heavy atom. The topological polar surface area (TPSA) is 81.6 Å². The van der Waals surface area contributed by atoms with Crippen molar-refractivity contribution in [1.29, 1.82) is 0 Å². The molecule has 0 radical (unpaired) electrons. The number of nitrogens with zero attached hydrogens (tertiary/aromatic N) is 1. The monoisotopic (exact) mass is 217 g/mol. The summed E-state index contributed by atoms with van der Waals surface area (Å²) < 4.78 is 4.96. The zero-order valence-electron chi connectivity index (χ0n) is 9.95. The van der Waals surface area contributed by atoms with Crippen molar-refractivity contribution >= 4 is 5.97 Å². The van der Waals surface area contributed by atoms with Crippen LogP contribution in [0.15, 0.2) is 12.2 Å². The van der Waals surface area contributed by atoms with E-state index in [1.54, 1.807) is 6.92 Å². The molecular weight excluding hydrogens is 194 g/mol. The van der Waals surface area contributed by atoms with Crippen molar-refractivity contribution in [2.45, 2.75) is 20.8 Å². The predicted molar refractivity (Wildman–Crippen MR) is 61.9 cm³/mol. The molecule has 0 rings (SSSR count). The van der Waals surface area contributed by atoms with E-state index < -0.39 is 0 Å². The van der Waals surface area contributed by atoms with Gasteiger partial charge in [0.2, 0.25) is 0 Å². The molecule has 4 N–H and O–H groups in total. The molecule has 0 heterocycles. The summed E-state index contributed by atoms with van der Waals surface area (Å²) in [4.78, 5) is 13.2. The van der Waals surface area contributed by atoms with Crippen LogP contribution in [0.2, 0.25) is 0 Å². The average Bonchev–Trinajstić information content (AvgIpc) is 2.26. The van der Waals surface area contributed by atoms with Crippen LogP contribution in [0.4, 0.5) is 0 Å². The summed E-state index contributed by atoms with van der Waals surface area (Å²) in [7, 11) is 0. The first kappa shape index (κ1) is 16.5. The first-order valence-corrected chi connectivity index (χ1v) is 5.00. The van der Waals surface area contributed by atoms with E-state index in [2.05, 4.69) is 37.0 Å². The van der Waals surface area contributed by atoms with Crippen molar-refractivity contribution in [3.63, 3.8) is 0 Å². The zero-order valence-corrected chi connectivity index (χ0v) is 9.95. The number of hydrogen-bond donors (Lipinski definition) is 2. The molecule has 0 unspecified atom stereocenters. The molecule has 90 valence electrons. The lowest BCUT2D eigenvalue weighted by Gasteiger charge is -2.17. The second kappa shape index (κ2) is 11.2. The standard InChI is InChI=1S/C10H19NO2.H4N2/c1-5-11(6-2)7-8-13-10(12)9(3)4;1-2/h3,5-8H2,1-2,4H3;1-2H2. The highest BCUT2D eigenvalue weighted by Crippen LogP contribution is 1.93. The van der Waals surface area contributed by atoms with E-state index in [-0.39, 0.29) is 5.97 Å². The summed E-state index contributed by atoms with van der Waals surface area (Å²) in [6.45, 7) is 12.6. The van der Waals surface area contributed by atoms with Crippen molar-refractivity contribution in [3.05, 3.63) is 12.2 Å². The Balaban J connectivity index is 0. The summed E-state index contributed by atoms with van der Waals surface area (Å²) in [6.07, 6.45) is 0. The third kappa shape index (κ3) is 9.40. The second-order valence-electron chi connectivity index (χ2n) is 2.94. The molecule has 5 nitrogen and oxygen atoms in total. The van der Waals surface area contributed by atoms with Crippen LogP contribution in [-0.4, -0.2) is 37.1 Å². The molecule has 0 atom stereocenters. The molecule has 0 aromatic carbocycles. The summed E-state index contributed by atoms with van der Waals surface area (Å²) in [5.74, 6) is 7.70. The summed E-state index contributed by atoms with van der Waals surface area (Å²) in [5.41, 5.74) is 0.458. The summed E-state index contributed by atoms with van der Waals surface area (Å²) in [5, 5.41) is 0. The van der Waals surface area contributed by atoms with Gasteiger partial charge in [-0.15, -0.1) is 0 Å². The lowest BCUT2D eigenvalue weighted by molar-refractivity contribution is -0.139. The van der Waals surface area contributed by atoms with Crippen LogP contribution in [0.3, 0.4) is 0 Å². The van der Waals surface area contributed by atoms with Crippen LogP contribution in [0.25, 0.3) is 0 Å². The third-order valence-electron chi connectivity index (χ3n) is 1.88. The van der Waals surface area contributed by atoms with Crippen LogP contribution in [0.5, 0.6) is 0 Å². The molecule has 0 aliphatic heterocycles. The fourth-order valence-corrected chi connectivity index (χ4v) is 0.930. The maximum atomic E-state index is 11.0. The van der Waals surface area contributed by atoms with Crippen LogP contribution >= 0.6 is 0 Å². The van der Waals surface area contributed by atoms with E-state index in [0.29, 0.717) is 12.2 Å². The Labute approximate surface area is 92.0 Å². The van der Waals surface area contributed by atoms with Crippen molar-refractivity contribution in [1.82, 2.24) is 4.90 Å². The predicted octanol–water partition coefficient (Wildman–Crippen LogP) is 0.266. The summed E-state index contributed by atoms with van der Waals surface area (Å²) in [6, 6.07) is 0. The maximum Gasteiger partial charge on any atom is 0.333 e. The van der Waals surface area contributed by atoms with E-state index in [4.69, 9.17) is 4.74 Å². The third-order valence-corrected chi connectivity index (χ3v) is 1.88. The molecule has 0 saturated carbocycles. The number of carbonyl (C=O) groups excluding carboxylic acids is 1. The Bertz CT molecular complexity index is 180. The van der Waals surface area contributed by atoms with Crippen molar-refractivity contribution in [2.75, 3.05) is 26.2 Å². The van der Waals surface area contributed by atoms with E-state index in [1.807, 2.05) is 0 Å². The lowest BCUT2D eigenvalue weighted by atomic mass is 10.4. The molecule has 0 amide bonds. The van der Waals surface area contributed by atoms with Gasteiger partial charge in [0, 0.05) is 12.1 Å². The molecule has 15 heavy (non-hydrogen) atoms. The minimum atomic E-state index is -0.299. The molecule has 0 fully saturated rings. The van der Waals surface area contributed by atoms with Gasteiger partial charge in [0.05, 0.1) is 0 Å². The molecule has 0 aromatic rings. The number of nitrogens with two attached hydrogens (primary N) is 2. The van der Waals surface area contributed by atoms with Crippen LogP contribution in [0, 0.1) is 0 Å². The largest absolute Gasteiger partial charge is 0.461 e. The van der Waals surface area contributed by atoms with Gasteiger partial charge in [-0.3, -0.25) is 11.7 Å². The quantitative estimate of drug-likeness (QED) is 0.289. The van der Waals surface area contributed by atoms with Crippen molar-refractivity contribution in [3.8, 4) is 0 Å². The SMILES string of the molecule is C=C(C)C(=O)OCCN(CC)CC.NN. The number of rotatable bonds is 6. The highest BCUT2D eigenvalue weighted by atomic mass is 16.5. The van der Waals surface area contributed by atoms with Gasteiger partial charge in [0.15, 0.2) is 0 Å². The molecule has 0 bridgehead atoms. The Kier molecular flexibility index (Phi) is 12.3. The highest BCUT2D eigenvalue weighted by molar-refractivity contribution is 5.86. The number of likely N-dealkylation sites (N-methyl/N-ethyl adjacent to an activating group) is 1. The van der Waals surface area contributed by atoms with Crippen molar-refractivity contribution < 1.29 is 9.53 Å². The van der Waals surface area contributed by atoms with Gasteiger partial charge in [-0.05, 0) is 20.0 Å². The molecule has 0 aliphatic rings. The minimum Gasteiger partial charge on any atom is -0.461 e. The van der Waals surface area contributed by atoms with Gasteiger partial charge in [0.1, 0.15) is 6.61 Å². The maximum absolute atomic E-state index is 11.0. The average molecular weight is 217 g/mol. The van der Waals surface area contributed by atoms with E-state index >= 15 is 0 Å². The van der Waals surface area contributed by atoms with E-state index in [0.717, 1.165) is 19.6 Å². The molecule has 0 aromatic heterocycles. The first-order chi connectivity index (χ1) is 7.11. The number of esters is 1. The Morgan fingerprint density at radius 3 is 2.13 bits per heavy atom. The van der Waals surface area contributed by atoms with Crippen LogP contribution in [-0.2, 0) is 9.53 Å². The van der Waals surface area contributed by atoms with Gasteiger partial charge < -0.3 is 9.64 Å². The minimum absolute atomic E-state index is 0.299. The molecule has 0 aliphatic carbocycles. The lowest BCUT2D eigenvalue weighted by Crippen LogP contribution is -2.27. The number of hydrogen-bond acceptors (Lipinski definition) is 5. The summed E-state index contributed by atoms with van der Waals surface area (Å²) >= 11 is 0. The zero-order chi connectivity index (χ0) is 12.3. The Hall–Kier alpha value is -0.910. The molecule has 0 saturated heterocycles. The highest BCUT2D eigenvalue weighted by Gasteiger charge is 2.04. The second-order valence-corrected chi connectivity index (χ2v) is 2.94. The molecular formula is C10H23N3O2. The molecule has 0 spiro atoms. The van der Waals surface area contributed by atoms with Gasteiger partial charge in [-0.1, -0.05) is 20.4 Å². The first-order valence-electron chi connectivity index (χ1n) is 5.00. The number of ether oxygens (including phenoxy) is 1. The smallest absolute Gasteiger partial charge is 0.333 e. The normalized spacial score (nSPS) is 9.20. The molecule has 5 heteroatoms. The van der Waals surface area contributed by atoms with Gasteiger partial charge in [0.25, 0.3) is 0 Å². The fourth-order valence-electron chi connectivity index (χ4n) is 0.930. The van der Waals surface area contributed by atoms with E-state index in [1.165, 1.54) is 0 Å². The fraction of sp³-hybridized carbons (Fsp3) is 0.700.